The Morgan fingerprint density at radius 2 is 2.13 bits per heavy atom. The molecule has 15 heavy (non-hydrogen) atoms. The smallest absolute Gasteiger partial charge is 0.149 e. The van der Waals surface area contributed by atoms with Gasteiger partial charge in [0.1, 0.15) is 15.7 Å². The fourth-order valence-electron chi connectivity index (χ4n) is 1.17. The highest BCUT2D eigenvalue weighted by Crippen LogP contribution is 2.20. The lowest BCUT2D eigenvalue weighted by atomic mass is 10.1. The summed E-state index contributed by atoms with van der Waals surface area (Å²) in [6, 6.07) is 3.60. The first-order valence-corrected chi connectivity index (χ1v) is 7.03. The summed E-state index contributed by atoms with van der Waals surface area (Å²) in [6.07, 6.45) is 1.12. The van der Waals surface area contributed by atoms with Crippen LogP contribution in [0.15, 0.2) is 22.7 Å². The topological polar surface area (TPSA) is 60.2 Å². The van der Waals surface area contributed by atoms with Gasteiger partial charge in [0.15, 0.2) is 0 Å². The number of benzene rings is 1. The Morgan fingerprint density at radius 1 is 1.53 bits per heavy atom. The maximum absolute atomic E-state index is 12.9. The highest BCUT2D eigenvalue weighted by Gasteiger charge is 2.14. The fourth-order valence-corrected chi connectivity index (χ4v) is 2.41. The number of rotatable bonds is 3. The molecule has 0 bridgehead atoms. The fraction of sp³-hybridized carbons (Fsp3) is 0.333. The molecule has 0 amide bonds. The summed E-state index contributed by atoms with van der Waals surface area (Å²) in [5.74, 6) is -0.546. The molecule has 0 aliphatic carbocycles. The van der Waals surface area contributed by atoms with E-state index in [9.17, 15) is 12.8 Å². The van der Waals surface area contributed by atoms with Gasteiger partial charge in [-0.2, -0.15) is 0 Å². The first-order valence-electron chi connectivity index (χ1n) is 4.18. The largest absolute Gasteiger partial charge is 0.323 e. The van der Waals surface area contributed by atoms with Crippen molar-refractivity contribution >= 4 is 25.8 Å². The molecule has 0 aliphatic rings. The molecular formula is C9H11BrFNO2S. The molecule has 3 nitrogen and oxygen atoms in total. The van der Waals surface area contributed by atoms with Gasteiger partial charge in [-0.3, -0.25) is 0 Å². The van der Waals surface area contributed by atoms with Crippen molar-refractivity contribution in [1.82, 2.24) is 0 Å². The minimum Gasteiger partial charge on any atom is -0.323 e. The van der Waals surface area contributed by atoms with Crippen molar-refractivity contribution < 1.29 is 12.8 Å². The van der Waals surface area contributed by atoms with E-state index in [1.165, 1.54) is 18.2 Å². The zero-order chi connectivity index (χ0) is 11.6. The van der Waals surface area contributed by atoms with Gasteiger partial charge in [0.2, 0.25) is 0 Å². The molecule has 0 spiro atoms. The van der Waals surface area contributed by atoms with Crippen molar-refractivity contribution in [3.05, 3.63) is 34.1 Å². The molecule has 0 aliphatic heterocycles. The SMILES string of the molecule is CS(=O)(=O)CC(N)c1ccc(F)c(Br)c1. The highest BCUT2D eigenvalue weighted by atomic mass is 79.9. The first-order chi connectivity index (χ1) is 6.79. The van der Waals surface area contributed by atoms with Crippen molar-refractivity contribution in [3.63, 3.8) is 0 Å². The lowest BCUT2D eigenvalue weighted by Gasteiger charge is -2.11. The van der Waals surface area contributed by atoms with E-state index < -0.39 is 21.7 Å². The zero-order valence-electron chi connectivity index (χ0n) is 8.07. The standard InChI is InChI=1S/C9H11BrFNO2S/c1-15(13,14)5-9(12)6-2-3-8(11)7(10)4-6/h2-4,9H,5,12H2,1H3. The van der Waals surface area contributed by atoms with Crippen LogP contribution in [0.3, 0.4) is 0 Å². The summed E-state index contributed by atoms with van der Waals surface area (Å²) >= 11 is 3.01. The monoisotopic (exact) mass is 295 g/mol. The maximum Gasteiger partial charge on any atom is 0.149 e. The molecule has 0 heterocycles. The number of halogens is 2. The predicted molar refractivity (Wildman–Crippen MR) is 60.7 cm³/mol. The van der Waals surface area contributed by atoms with Crippen LogP contribution in [0.25, 0.3) is 0 Å². The van der Waals surface area contributed by atoms with Crippen LogP contribution in [-0.4, -0.2) is 20.4 Å². The molecule has 0 radical (unpaired) electrons. The first kappa shape index (κ1) is 12.6. The summed E-state index contributed by atoms with van der Waals surface area (Å²) in [6.45, 7) is 0. The molecule has 0 fully saturated rings. The van der Waals surface area contributed by atoms with Crippen molar-refractivity contribution in [2.45, 2.75) is 6.04 Å². The lowest BCUT2D eigenvalue weighted by molar-refractivity contribution is 0.594. The van der Waals surface area contributed by atoms with Gasteiger partial charge < -0.3 is 5.73 Å². The van der Waals surface area contributed by atoms with Crippen LogP contribution in [0.2, 0.25) is 0 Å². The van der Waals surface area contributed by atoms with Crippen LogP contribution in [-0.2, 0) is 9.84 Å². The molecule has 1 rings (SSSR count). The van der Waals surface area contributed by atoms with Gasteiger partial charge in [-0.1, -0.05) is 6.07 Å². The van der Waals surface area contributed by atoms with E-state index in [-0.39, 0.29) is 10.2 Å². The van der Waals surface area contributed by atoms with Crippen LogP contribution in [0.5, 0.6) is 0 Å². The molecule has 1 aromatic rings. The molecular weight excluding hydrogens is 285 g/mol. The van der Waals surface area contributed by atoms with E-state index in [2.05, 4.69) is 15.9 Å². The maximum atomic E-state index is 12.9. The van der Waals surface area contributed by atoms with Gasteiger partial charge in [0.25, 0.3) is 0 Å². The van der Waals surface area contributed by atoms with Gasteiger partial charge in [-0.05, 0) is 33.6 Å². The summed E-state index contributed by atoms with van der Waals surface area (Å²) in [7, 11) is -3.13. The summed E-state index contributed by atoms with van der Waals surface area (Å²) in [4.78, 5) is 0. The second kappa shape index (κ2) is 4.59. The molecule has 0 aromatic heterocycles. The molecule has 2 N–H and O–H groups in total. The number of nitrogens with two attached hydrogens (primary N) is 1. The van der Waals surface area contributed by atoms with Crippen molar-refractivity contribution in [2.24, 2.45) is 5.73 Å². The van der Waals surface area contributed by atoms with Crippen LogP contribution in [0, 0.1) is 5.82 Å². The Morgan fingerprint density at radius 3 is 2.60 bits per heavy atom. The van der Waals surface area contributed by atoms with E-state index in [1.807, 2.05) is 0 Å². The minimum atomic E-state index is -3.13. The number of hydrogen-bond donors (Lipinski definition) is 1. The number of hydrogen-bond acceptors (Lipinski definition) is 3. The summed E-state index contributed by atoms with van der Waals surface area (Å²) in [5, 5.41) is 0. The second-order valence-electron chi connectivity index (χ2n) is 3.37. The van der Waals surface area contributed by atoms with E-state index in [0.29, 0.717) is 5.56 Å². The highest BCUT2D eigenvalue weighted by molar-refractivity contribution is 9.10. The van der Waals surface area contributed by atoms with Gasteiger partial charge in [0.05, 0.1) is 10.2 Å². The van der Waals surface area contributed by atoms with Gasteiger partial charge >= 0.3 is 0 Å². The molecule has 1 unspecified atom stereocenters. The van der Waals surface area contributed by atoms with Crippen LogP contribution in [0.4, 0.5) is 4.39 Å². The van der Waals surface area contributed by atoms with E-state index in [4.69, 9.17) is 5.73 Å². The van der Waals surface area contributed by atoms with Gasteiger partial charge in [0, 0.05) is 12.3 Å². The van der Waals surface area contributed by atoms with Crippen LogP contribution < -0.4 is 5.73 Å². The Hall–Kier alpha value is -0.460. The Balaban J connectivity index is 2.92. The number of sulfone groups is 1. The Labute approximate surface area is 96.5 Å². The normalized spacial score (nSPS) is 13.9. The third-order valence-electron chi connectivity index (χ3n) is 1.85. The molecule has 0 saturated carbocycles. The average molecular weight is 296 g/mol. The van der Waals surface area contributed by atoms with Crippen molar-refractivity contribution in [1.29, 1.82) is 0 Å². The Bertz CT molecular complexity index is 461. The van der Waals surface area contributed by atoms with Gasteiger partial charge in [-0.25, -0.2) is 12.8 Å². The summed E-state index contributed by atoms with van der Waals surface area (Å²) < 4.78 is 35.2. The van der Waals surface area contributed by atoms with E-state index >= 15 is 0 Å². The third-order valence-corrected chi connectivity index (χ3v) is 3.43. The zero-order valence-corrected chi connectivity index (χ0v) is 10.5. The lowest BCUT2D eigenvalue weighted by Crippen LogP contribution is -2.20. The van der Waals surface area contributed by atoms with E-state index in [1.54, 1.807) is 0 Å². The quantitative estimate of drug-likeness (QED) is 0.922. The summed E-state index contributed by atoms with van der Waals surface area (Å²) in [5.41, 5.74) is 6.27. The molecule has 1 atom stereocenters. The van der Waals surface area contributed by atoms with Crippen LogP contribution in [0.1, 0.15) is 11.6 Å². The van der Waals surface area contributed by atoms with Crippen LogP contribution >= 0.6 is 15.9 Å². The predicted octanol–water partition coefficient (Wildman–Crippen LogP) is 1.63. The van der Waals surface area contributed by atoms with Gasteiger partial charge in [-0.15, -0.1) is 0 Å². The van der Waals surface area contributed by atoms with Crippen molar-refractivity contribution in [3.8, 4) is 0 Å². The molecule has 6 heteroatoms. The molecule has 1 aromatic carbocycles. The third kappa shape index (κ3) is 3.89. The second-order valence-corrected chi connectivity index (χ2v) is 6.41. The average Bonchev–Trinajstić information content (AvgIpc) is 2.06. The minimum absolute atomic E-state index is 0.148. The van der Waals surface area contributed by atoms with E-state index in [0.717, 1.165) is 6.26 Å². The molecule has 0 saturated heterocycles. The Kier molecular flexibility index (Phi) is 3.86. The molecule has 84 valence electrons. The van der Waals surface area contributed by atoms with Crippen molar-refractivity contribution in [2.75, 3.05) is 12.0 Å².